The Balaban J connectivity index is 1.30. The van der Waals surface area contributed by atoms with Crippen molar-refractivity contribution in [1.82, 2.24) is 10.6 Å². The Hall–Kier alpha value is -1.42. The van der Waals surface area contributed by atoms with E-state index in [-0.39, 0.29) is 11.5 Å². The van der Waals surface area contributed by atoms with Crippen molar-refractivity contribution in [3.05, 3.63) is 35.6 Å². The van der Waals surface area contributed by atoms with E-state index < -0.39 is 5.82 Å². The van der Waals surface area contributed by atoms with Crippen molar-refractivity contribution >= 4 is 5.91 Å². The Labute approximate surface area is 118 Å². The number of halogens is 1. The summed E-state index contributed by atoms with van der Waals surface area (Å²) in [5, 5.41) is 6.11. The average Bonchev–Trinajstić information content (AvgIpc) is 3.31. The summed E-state index contributed by atoms with van der Waals surface area (Å²) in [7, 11) is 0. The number of rotatable bonds is 7. The normalized spacial score (nSPS) is 24.4. The lowest BCUT2D eigenvalue weighted by atomic mass is 10.2. The summed E-state index contributed by atoms with van der Waals surface area (Å²) in [5.41, 5.74) is 0.114. The van der Waals surface area contributed by atoms with Crippen molar-refractivity contribution in [1.29, 1.82) is 0 Å². The van der Waals surface area contributed by atoms with Crippen molar-refractivity contribution in [2.45, 2.75) is 19.3 Å². The molecule has 0 heterocycles. The first-order valence-electron chi connectivity index (χ1n) is 7.49. The molecular formula is C16H21FN2O. The quantitative estimate of drug-likeness (QED) is 0.750. The highest BCUT2D eigenvalue weighted by Gasteiger charge is 2.46. The molecule has 0 aliphatic heterocycles. The summed E-state index contributed by atoms with van der Waals surface area (Å²) < 4.78 is 13.4. The predicted molar refractivity (Wildman–Crippen MR) is 75.9 cm³/mol. The number of carbonyl (C=O) groups is 1. The summed E-state index contributed by atoms with van der Waals surface area (Å²) >= 11 is 0. The maximum absolute atomic E-state index is 13.4. The molecule has 2 fully saturated rings. The fourth-order valence-corrected chi connectivity index (χ4v) is 2.90. The monoisotopic (exact) mass is 276 g/mol. The summed E-state index contributed by atoms with van der Waals surface area (Å²) in [5.74, 6) is 2.03. The van der Waals surface area contributed by atoms with Crippen molar-refractivity contribution < 1.29 is 9.18 Å². The molecule has 0 radical (unpaired) electrons. The first-order valence-corrected chi connectivity index (χ1v) is 7.49. The molecule has 2 aliphatic rings. The number of nitrogens with one attached hydrogen (secondary N) is 2. The summed E-state index contributed by atoms with van der Waals surface area (Å²) in [6, 6.07) is 6.06. The SMILES string of the molecule is O=C(NCCNCC1CC1C1CC1)c1ccccc1F. The third-order valence-electron chi connectivity index (χ3n) is 4.32. The van der Waals surface area contributed by atoms with Gasteiger partial charge in [0.05, 0.1) is 5.56 Å². The Bertz CT molecular complexity index is 487. The minimum atomic E-state index is -0.469. The highest BCUT2D eigenvalue weighted by molar-refractivity contribution is 5.94. The van der Waals surface area contributed by atoms with Gasteiger partial charge < -0.3 is 10.6 Å². The first-order chi connectivity index (χ1) is 9.75. The van der Waals surface area contributed by atoms with E-state index in [2.05, 4.69) is 10.6 Å². The second-order valence-electron chi connectivity index (χ2n) is 5.94. The molecule has 1 aromatic carbocycles. The second-order valence-corrected chi connectivity index (χ2v) is 5.94. The highest BCUT2D eigenvalue weighted by Crippen LogP contribution is 2.53. The molecule has 1 amide bonds. The smallest absolute Gasteiger partial charge is 0.254 e. The molecular weight excluding hydrogens is 255 g/mol. The predicted octanol–water partition coefficient (Wildman–Crippen LogP) is 2.19. The molecule has 20 heavy (non-hydrogen) atoms. The molecule has 2 aliphatic carbocycles. The molecule has 2 atom stereocenters. The molecule has 0 spiro atoms. The number of carbonyl (C=O) groups excluding carboxylic acids is 1. The van der Waals surface area contributed by atoms with Crippen LogP contribution in [-0.4, -0.2) is 25.5 Å². The van der Waals surface area contributed by atoms with Crippen LogP contribution in [0.1, 0.15) is 29.6 Å². The van der Waals surface area contributed by atoms with Gasteiger partial charge in [0.2, 0.25) is 0 Å². The van der Waals surface area contributed by atoms with Gasteiger partial charge in [-0.15, -0.1) is 0 Å². The lowest BCUT2D eigenvalue weighted by Gasteiger charge is -2.07. The van der Waals surface area contributed by atoms with Crippen LogP contribution in [0.4, 0.5) is 4.39 Å². The van der Waals surface area contributed by atoms with Crippen LogP contribution in [0.3, 0.4) is 0 Å². The Morgan fingerprint density at radius 1 is 1.25 bits per heavy atom. The average molecular weight is 276 g/mol. The Morgan fingerprint density at radius 2 is 2.05 bits per heavy atom. The molecule has 2 N–H and O–H groups in total. The van der Waals surface area contributed by atoms with E-state index in [1.165, 1.54) is 31.4 Å². The van der Waals surface area contributed by atoms with Gasteiger partial charge in [-0.25, -0.2) is 4.39 Å². The summed E-state index contributed by atoms with van der Waals surface area (Å²) in [6.45, 7) is 2.33. The van der Waals surface area contributed by atoms with E-state index in [9.17, 15) is 9.18 Å². The van der Waals surface area contributed by atoms with Gasteiger partial charge in [0.15, 0.2) is 0 Å². The Morgan fingerprint density at radius 3 is 2.80 bits per heavy atom. The minimum Gasteiger partial charge on any atom is -0.351 e. The number of hydrogen-bond acceptors (Lipinski definition) is 2. The molecule has 3 rings (SSSR count). The molecule has 4 heteroatoms. The number of benzene rings is 1. The molecule has 0 bridgehead atoms. The van der Waals surface area contributed by atoms with Gasteiger partial charge in [-0.2, -0.15) is 0 Å². The van der Waals surface area contributed by atoms with Gasteiger partial charge in [-0.05, 0) is 55.7 Å². The van der Waals surface area contributed by atoms with Gasteiger partial charge in [0.1, 0.15) is 5.82 Å². The summed E-state index contributed by atoms with van der Waals surface area (Å²) in [4.78, 5) is 11.7. The van der Waals surface area contributed by atoms with Gasteiger partial charge in [-0.3, -0.25) is 4.79 Å². The third kappa shape index (κ3) is 3.37. The zero-order valence-electron chi connectivity index (χ0n) is 11.6. The molecule has 3 nitrogen and oxygen atoms in total. The minimum absolute atomic E-state index is 0.114. The van der Waals surface area contributed by atoms with Crippen LogP contribution in [0.2, 0.25) is 0 Å². The van der Waals surface area contributed by atoms with Crippen LogP contribution in [0, 0.1) is 23.6 Å². The van der Waals surface area contributed by atoms with E-state index in [4.69, 9.17) is 0 Å². The van der Waals surface area contributed by atoms with Crippen LogP contribution in [0.5, 0.6) is 0 Å². The standard InChI is InChI=1S/C16H21FN2O/c17-15-4-2-1-3-13(15)16(20)19-8-7-18-10-12-9-14(12)11-5-6-11/h1-4,11-12,14,18H,5-10H2,(H,19,20). The first kappa shape index (κ1) is 13.6. The molecule has 0 aromatic heterocycles. The van der Waals surface area contributed by atoms with Crippen molar-refractivity contribution in [3.8, 4) is 0 Å². The third-order valence-corrected chi connectivity index (χ3v) is 4.32. The second kappa shape index (κ2) is 5.92. The highest BCUT2D eigenvalue weighted by atomic mass is 19.1. The topological polar surface area (TPSA) is 41.1 Å². The lowest BCUT2D eigenvalue weighted by Crippen LogP contribution is -2.33. The van der Waals surface area contributed by atoms with Crippen molar-refractivity contribution in [3.63, 3.8) is 0 Å². The van der Waals surface area contributed by atoms with E-state index in [0.29, 0.717) is 6.54 Å². The molecule has 0 saturated heterocycles. The zero-order chi connectivity index (χ0) is 13.9. The van der Waals surface area contributed by atoms with Crippen LogP contribution < -0.4 is 10.6 Å². The van der Waals surface area contributed by atoms with Gasteiger partial charge in [0, 0.05) is 13.1 Å². The van der Waals surface area contributed by atoms with Crippen LogP contribution in [-0.2, 0) is 0 Å². The van der Waals surface area contributed by atoms with Crippen LogP contribution in [0.25, 0.3) is 0 Å². The van der Waals surface area contributed by atoms with E-state index in [1.807, 2.05) is 0 Å². The molecule has 108 valence electrons. The van der Waals surface area contributed by atoms with Crippen LogP contribution >= 0.6 is 0 Å². The van der Waals surface area contributed by atoms with E-state index >= 15 is 0 Å². The maximum atomic E-state index is 13.4. The van der Waals surface area contributed by atoms with Gasteiger partial charge >= 0.3 is 0 Å². The van der Waals surface area contributed by atoms with Crippen LogP contribution in [0.15, 0.2) is 24.3 Å². The summed E-state index contributed by atoms with van der Waals surface area (Å²) in [6.07, 6.45) is 4.24. The van der Waals surface area contributed by atoms with Gasteiger partial charge in [0.25, 0.3) is 5.91 Å². The molecule has 2 saturated carbocycles. The maximum Gasteiger partial charge on any atom is 0.254 e. The molecule has 1 aromatic rings. The number of amides is 1. The van der Waals surface area contributed by atoms with Crippen molar-refractivity contribution in [2.75, 3.05) is 19.6 Å². The van der Waals surface area contributed by atoms with E-state index in [0.717, 1.165) is 30.8 Å². The molecule has 2 unspecified atom stereocenters. The zero-order valence-corrected chi connectivity index (χ0v) is 11.6. The van der Waals surface area contributed by atoms with Crippen molar-refractivity contribution in [2.24, 2.45) is 17.8 Å². The fourth-order valence-electron chi connectivity index (χ4n) is 2.90. The largest absolute Gasteiger partial charge is 0.351 e. The van der Waals surface area contributed by atoms with Gasteiger partial charge in [-0.1, -0.05) is 12.1 Å². The lowest BCUT2D eigenvalue weighted by molar-refractivity contribution is 0.0950. The number of hydrogen-bond donors (Lipinski definition) is 2. The van der Waals surface area contributed by atoms with E-state index in [1.54, 1.807) is 12.1 Å². The Kier molecular flexibility index (Phi) is 4.01. The fraction of sp³-hybridized carbons (Fsp3) is 0.562.